The fraction of sp³-hybridized carbons (Fsp3) is 0.167. The second kappa shape index (κ2) is 4.20. The highest BCUT2D eigenvalue weighted by molar-refractivity contribution is 5.78. The van der Waals surface area contributed by atoms with Gasteiger partial charge in [-0.1, -0.05) is 48.5 Å². The Morgan fingerprint density at radius 2 is 1.68 bits per heavy atom. The van der Waals surface area contributed by atoms with Gasteiger partial charge in [-0.15, -0.1) is 0 Å². The standard InChI is InChI=1S/C18H15N/c1-3-7-15-13(5-1)9-11-16(15)18-12-10-14-6-2-4-8-17(14)19-18/h1-8,10,12,16H,9,11H2. The van der Waals surface area contributed by atoms with Crippen molar-refractivity contribution in [3.63, 3.8) is 0 Å². The summed E-state index contributed by atoms with van der Waals surface area (Å²) >= 11 is 0. The first-order valence-electron chi connectivity index (χ1n) is 6.85. The first kappa shape index (κ1) is 10.7. The van der Waals surface area contributed by atoms with E-state index in [9.17, 15) is 0 Å². The van der Waals surface area contributed by atoms with Crippen LogP contribution in [0.25, 0.3) is 10.9 Å². The van der Waals surface area contributed by atoms with Gasteiger partial charge in [0.15, 0.2) is 0 Å². The van der Waals surface area contributed by atoms with Crippen LogP contribution in [0.5, 0.6) is 0 Å². The molecular formula is C18H15N. The van der Waals surface area contributed by atoms with Crippen LogP contribution in [-0.4, -0.2) is 4.98 Å². The lowest BCUT2D eigenvalue weighted by Crippen LogP contribution is -1.99. The average Bonchev–Trinajstić information content (AvgIpc) is 2.91. The van der Waals surface area contributed by atoms with Crippen molar-refractivity contribution < 1.29 is 0 Å². The van der Waals surface area contributed by atoms with Gasteiger partial charge < -0.3 is 0 Å². The predicted molar refractivity (Wildman–Crippen MR) is 78.3 cm³/mol. The van der Waals surface area contributed by atoms with Gasteiger partial charge in [-0.05, 0) is 36.1 Å². The van der Waals surface area contributed by atoms with E-state index in [-0.39, 0.29) is 0 Å². The molecule has 1 unspecified atom stereocenters. The molecule has 0 radical (unpaired) electrons. The molecule has 0 bridgehead atoms. The van der Waals surface area contributed by atoms with Gasteiger partial charge in [0, 0.05) is 17.0 Å². The Morgan fingerprint density at radius 1 is 0.842 bits per heavy atom. The topological polar surface area (TPSA) is 12.9 Å². The highest BCUT2D eigenvalue weighted by atomic mass is 14.7. The molecule has 4 rings (SSSR count). The predicted octanol–water partition coefficient (Wildman–Crippen LogP) is 4.31. The zero-order valence-electron chi connectivity index (χ0n) is 10.7. The molecule has 0 aliphatic heterocycles. The minimum Gasteiger partial charge on any atom is -0.252 e. The summed E-state index contributed by atoms with van der Waals surface area (Å²) in [5.41, 5.74) is 5.26. The number of aryl methyl sites for hydroxylation is 1. The van der Waals surface area contributed by atoms with E-state index in [1.807, 2.05) is 0 Å². The number of para-hydroxylation sites is 1. The zero-order chi connectivity index (χ0) is 12.7. The summed E-state index contributed by atoms with van der Waals surface area (Å²) in [6.45, 7) is 0. The van der Waals surface area contributed by atoms with Crippen molar-refractivity contribution in [3.8, 4) is 0 Å². The third-order valence-electron chi connectivity index (χ3n) is 4.11. The molecule has 19 heavy (non-hydrogen) atoms. The van der Waals surface area contributed by atoms with Gasteiger partial charge in [-0.25, -0.2) is 0 Å². The molecule has 1 atom stereocenters. The van der Waals surface area contributed by atoms with Gasteiger partial charge in [-0.2, -0.15) is 0 Å². The first-order valence-corrected chi connectivity index (χ1v) is 6.85. The second-order valence-corrected chi connectivity index (χ2v) is 5.22. The van der Waals surface area contributed by atoms with Gasteiger partial charge >= 0.3 is 0 Å². The van der Waals surface area contributed by atoms with Crippen molar-refractivity contribution in [2.75, 3.05) is 0 Å². The second-order valence-electron chi connectivity index (χ2n) is 5.22. The van der Waals surface area contributed by atoms with E-state index in [0.29, 0.717) is 5.92 Å². The maximum atomic E-state index is 4.86. The summed E-state index contributed by atoms with van der Waals surface area (Å²) in [6.07, 6.45) is 2.36. The summed E-state index contributed by atoms with van der Waals surface area (Å²) in [6, 6.07) is 21.5. The van der Waals surface area contributed by atoms with Crippen LogP contribution in [-0.2, 0) is 6.42 Å². The molecule has 3 aromatic rings. The third-order valence-corrected chi connectivity index (χ3v) is 4.11. The van der Waals surface area contributed by atoms with Crippen LogP contribution in [0.4, 0.5) is 0 Å². The monoisotopic (exact) mass is 245 g/mol. The number of hydrogen-bond acceptors (Lipinski definition) is 1. The lowest BCUT2D eigenvalue weighted by Gasteiger charge is -2.11. The minimum atomic E-state index is 0.473. The largest absolute Gasteiger partial charge is 0.252 e. The molecule has 0 amide bonds. The summed E-state index contributed by atoms with van der Waals surface area (Å²) in [7, 11) is 0. The van der Waals surface area contributed by atoms with Crippen LogP contribution in [0.15, 0.2) is 60.7 Å². The lowest BCUT2D eigenvalue weighted by atomic mass is 9.97. The van der Waals surface area contributed by atoms with Crippen molar-refractivity contribution in [3.05, 3.63) is 77.5 Å². The quantitative estimate of drug-likeness (QED) is 0.622. The molecule has 0 saturated heterocycles. The molecule has 1 heteroatoms. The van der Waals surface area contributed by atoms with Crippen LogP contribution < -0.4 is 0 Å². The third kappa shape index (κ3) is 1.74. The van der Waals surface area contributed by atoms with Crippen LogP contribution in [0.1, 0.15) is 29.2 Å². The molecule has 1 heterocycles. The van der Waals surface area contributed by atoms with Crippen LogP contribution in [0, 0.1) is 0 Å². The Bertz CT molecular complexity index is 745. The van der Waals surface area contributed by atoms with E-state index >= 15 is 0 Å². The van der Waals surface area contributed by atoms with E-state index in [1.165, 1.54) is 35.0 Å². The Balaban J connectivity index is 1.83. The maximum Gasteiger partial charge on any atom is 0.0705 e. The summed E-state index contributed by atoms with van der Waals surface area (Å²) in [5.74, 6) is 0.473. The highest BCUT2D eigenvalue weighted by Gasteiger charge is 2.24. The number of pyridine rings is 1. The van der Waals surface area contributed by atoms with Crippen LogP contribution in [0.3, 0.4) is 0 Å². The lowest BCUT2D eigenvalue weighted by molar-refractivity contribution is 0.765. The molecular weight excluding hydrogens is 230 g/mol. The number of rotatable bonds is 1. The fourth-order valence-electron chi connectivity index (χ4n) is 3.14. The molecule has 0 N–H and O–H groups in total. The molecule has 1 aromatic heterocycles. The number of nitrogens with zero attached hydrogens (tertiary/aromatic N) is 1. The summed E-state index contributed by atoms with van der Waals surface area (Å²) in [4.78, 5) is 4.86. The van der Waals surface area contributed by atoms with Gasteiger partial charge in [-0.3, -0.25) is 4.98 Å². The van der Waals surface area contributed by atoms with Gasteiger partial charge in [0.05, 0.1) is 5.52 Å². The number of fused-ring (bicyclic) bond motifs is 2. The number of benzene rings is 2. The number of hydrogen-bond donors (Lipinski definition) is 0. The van der Waals surface area contributed by atoms with Crippen molar-refractivity contribution in [1.82, 2.24) is 4.98 Å². The average molecular weight is 245 g/mol. The molecule has 0 saturated carbocycles. The maximum absolute atomic E-state index is 4.86. The Hall–Kier alpha value is -2.15. The van der Waals surface area contributed by atoms with Crippen molar-refractivity contribution in [2.45, 2.75) is 18.8 Å². The molecule has 1 aliphatic carbocycles. The zero-order valence-corrected chi connectivity index (χ0v) is 10.7. The molecule has 0 spiro atoms. The summed E-state index contributed by atoms with van der Waals surface area (Å²) < 4.78 is 0. The smallest absolute Gasteiger partial charge is 0.0705 e. The summed E-state index contributed by atoms with van der Waals surface area (Å²) in [5, 5.41) is 1.22. The molecule has 1 nitrogen and oxygen atoms in total. The fourth-order valence-corrected chi connectivity index (χ4v) is 3.14. The highest BCUT2D eigenvalue weighted by Crippen LogP contribution is 2.37. The SMILES string of the molecule is c1ccc2c(c1)CCC2c1ccc2ccccc2n1. The Labute approximate surface area is 112 Å². The normalized spacial score (nSPS) is 17.6. The minimum absolute atomic E-state index is 0.473. The van der Waals surface area contributed by atoms with E-state index in [0.717, 1.165) is 5.52 Å². The van der Waals surface area contributed by atoms with E-state index < -0.39 is 0 Å². The van der Waals surface area contributed by atoms with Crippen LogP contribution >= 0.6 is 0 Å². The van der Waals surface area contributed by atoms with Crippen molar-refractivity contribution in [2.24, 2.45) is 0 Å². The van der Waals surface area contributed by atoms with E-state index in [1.54, 1.807) is 0 Å². The number of aromatic nitrogens is 1. The van der Waals surface area contributed by atoms with E-state index in [2.05, 4.69) is 60.7 Å². The van der Waals surface area contributed by atoms with E-state index in [4.69, 9.17) is 4.98 Å². The molecule has 92 valence electrons. The Kier molecular flexibility index (Phi) is 2.37. The molecule has 1 aliphatic rings. The Morgan fingerprint density at radius 3 is 2.68 bits per heavy atom. The molecule has 2 aromatic carbocycles. The first-order chi connectivity index (χ1) is 9.42. The van der Waals surface area contributed by atoms with Gasteiger partial charge in [0.2, 0.25) is 0 Å². The van der Waals surface area contributed by atoms with Gasteiger partial charge in [0.1, 0.15) is 0 Å². The van der Waals surface area contributed by atoms with Gasteiger partial charge in [0.25, 0.3) is 0 Å². The van der Waals surface area contributed by atoms with Crippen molar-refractivity contribution >= 4 is 10.9 Å². The molecule has 0 fully saturated rings. The van der Waals surface area contributed by atoms with Crippen molar-refractivity contribution in [1.29, 1.82) is 0 Å². The van der Waals surface area contributed by atoms with Crippen LogP contribution in [0.2, 0.25) is 0 Å².